The molecular formula is C32H40ClN3O4S. The van der Waals surface area contributed by atoms with E-state index in [-0.39, 0.29) is 23.4 Å². The molecule has 0 aromatic heterocycles. The van der Waals surface area contributed by atoms with Crippen LogP contribution in [0.5, 0.6) is 0 Å². The van der Waals surface area contributed by atoms with E-state index in [0.717, 1.165) is 21.9 Å². The van der Waals surface area contributed by atoms with Crippen LogP contribution in [0.4, 0.5) is 5.69 Å². The maximum atomic E-state index is 14.1. The van der Waals surface area contributed by atoms with Gasteiger partial charge in [0.2, 0.25) is 11.8 Å². The van der Waals surface area contributed by atoms with Crippen molar-refractivity contribution in [1.82, 2.24) is 10.2 Å². The first-order valence-corrected chi connectivity index (χ1v) is 15.8. The van der Waals surface area contributed by atoms with Gasteiger partial charge in [-0.1, -0.05) is 79.5 Å². The second-order valence-electron chi connectivity index (χ2n) is 10.3. The van der Waals surface area contributed by atoms with Crippen LogP contribution in [-0.2, 0) is 26.0 Å². The molecule has 0 radical (unpaired) electrons. The lowest BCUT2D eigenvalue weighted by molar-refractivity contribution is -0.139. The molecule has 220 valence electrons. The van der Waals surface area contributed by atoms with Crippen LogP contribution >= 0.6 is 11.6 Å². The number of amides is 2. The fourth-order valence-electron chi connectivity index (χ4n) is 4.55. The summed E-state index contributed by atoms with van der Waals surface area (Å²) in [6.45, 7) is 9.11. The van der Waals surface area contributed by atoms with E-state index in [1.54, 1.807) is 37.3 Å². The smallest absolute Gasteiger partial charge is 0.264 e. The third-order valence-electron chi connectivity index (χ3n) is 7.27. The summed E-state index contributed by atoms with van der Waals surface area (Å²) in [7, 11) is -4.15. The number of nitrogens with one attached hydrogen (secondary N) is 1. The van der Waals surface area contributed by atoms with Gasteiger partial charge in [-0.15, -0.1) is 0 Å². The van der Waals surface area contributed by atoms with Gasteiger partial charge in [0.25, 0.3) is 10.0 Å². The van der Waals surface area contributed by atoms with Crippen LogP contribution in [0.1, 0.15) is 50.3 Å². The Labute approximate surface area is 249 Å². The summed E-state index contributed by atoms with van der Waals surface area (Å²) in [4.78, 5) is 29.1. The standard InChI is InChI=1S/C32H40ClN3O4S/c1-6-24(4)34-32(38)29(7-2)35(21-20-26-12-9-8-10-13-26)31(37)22-36(30-15-11-14-28(33)25(30)5)41(39,40)27-18-16-23(3)17-19-27/h8-19,24,29H,6-7,20-22H2,1-5H3,(H,34,38). The minimum atomic E-state index is -4.15. The molecule has 0 aliphatic carbocycles. The molecule has 0 bridgehead atoms. The van der Waals surface area contributed by atoms with E-state index in [9.17, 15) is 18.0 Å². The zero-order chi connectivity index (χ0) is 30.2. The van der Waals surface area contributed by atoms with E-state index in [1.165, 1.54) is 17.0 Å². The number of carbonyl (C=O) groups excluding carboxylic acids is 2. The first-order valence-electron chi connectivity index (χ1n) is 14.0. The predicted molar refractivity (Wildman–Crippen MR) is 166 cm³/mol. The summed E-state index contributed by atoms with van der Waals surface area (Å²) >= 11 is 6.40. The molecular weight excluding hydrogens is 558 g/mol. The van der Waals surface area contributed by atoms with Crippen LogP contribution in [0.25, 0.3) is 0 Å². The number of rotatable bonds is 13. The van der Waals surface area contributed by atoms with E-state index < -0.39 is 28.5 Å². The van der Waals surface area contributed by atoms with Gasteiger partial charge in [-0.25, -0.2) is 8.42 Å². The molecule has 0 saturated heterocycles. The molecule has 7 nitrogen and oxygen atoms in total. The largest absolute Gasteiger partial charge is 0.352 e. The van der Waals surface area contributed by atoms with Crippen LogP contribution in [0.2, 0.25) is 5.02 Å². The molecule has 0 fully saturated rings. The Morgan fingerprint density at radius 1 is 0.902 bits per heavy atom. The molecule has 3 rings (SSSR count). The van der Waals surface area contributed by atoms with Gasteiger partial charge in [0, 0.05) is 17.6 Å². The molecule has 0 saturated carbocycles. The van der Waals surface area contributed by atoms with Crippen molar-refractivity contribution in [3.05, 3.63) is 94.5 Å². The molecule has 0 aliphatic rings. The van der Waals surface area contributed by atoms with E-state index in [4.69, 9.17) is 11.6 Å². The van der Waals surface area contributed by atoms with Gasteiger partial charge >= 0.3 is 0 Å². The summed E-state index contributed by atoms with van der Waals surface area (Å²) in [5, 5.41) is 3.38. The summed E-state index contributed by atoms with van der Waals surface area (Å²) in [5.74, 6) is -0.725. The van der Waals surface area contributed by atoms with Crippen LogP contribution in [0.15, 0.2) is 77.7 Å². The van der Waals surface area contributed by atoms with Crippen LogP contribution < -0.4 is 9.62 Å². The lowest BCUT2D eigenvalue weighted by Crippen LogP contribution is -2.54. The summed E-state index contributed by atoms with van der Waals surface area (Å²) < 4.78 is 29.2. The average molecular weight is 598 g/mol. The maximum absolute atomic E-state index is 14.1. The molecule has 2 amide bonds. The SMILES string of the molecule is CCC(C)NC(=O)C(CC)N(CCc1ccccc1)C(=O)CN(c1cccc(Cl)c1C)S(=O)(=O)c1ccc(C)cc1. The van der Waals surface area contributed by atoms with E-state index in [0.29, 0.717) is 29.1 Å². The molecule has 3 aromatic rings. The average Bonchev–Trinajstić information content (AvgIpc) is 2.96. The van der Waals surface area contributed by atoms with Gasteiger partial charge in [-0.3, -0.25) is 13.9 Å². The van der Waals surface area contributed by atoms with Gasteiger partial charge in [0.15, 0.2) is 0 Å². The second kappa shape index (κ2) is 14.5. The lowest BCUT2D eigenvalue weighted by atomic mass is 10.1. The minimum Gasteiger partial charge on any atom is -0.352 e. The Kier molecular flexibility index (Phi) is 11.4. The van der Waals surface area contributed by atoms with Gasteiger partial charge in [-0.2, -0.15) is 0 Å². The molecule has 2 atom stereocenters. The number of carbonyl (C=O) groups is 2. The Balaban J connectivity index is 2.05. The number of anilines is 1. The van der Waals surface area contributed by atoms with Crippen molar-refractivity contribution in [1.29, 1.82) is 0 Å². The molecule has 1 N–H and O–H groups in total. The van der Waals surface area contributed by atoms with E-state index in [2.05, 4.69) is 5.32 Å². The zero-order valence-corrected chi connectivity index (χ0v) is 26.0. The fraction of sp³-hybridized carbons (Fsp3) is 0.375. The van der Waals surface area contributed by atoms with Crippen molar-refractivity contribution in [3.8, 4) is 0 Å². The van der Waals surface area contributed by atoms with Gasteiger partial charge in [0.05, 0.1) is 10.6 Å². The Hall–Kier alpha value is -3.36. The lowest BCUT2D eigenvalue weighted by Gasteiger charge is -2.34. The third-order valence-corrected chi connectivity index (χ3v) is 9.45. The highest BCUT2D eigenvalue weighted by molar-refractivity contribution is 7.92. The van der Waals surface area contributed by atoms with E-state index >= 15 is 0 Å². The van der Waals surface area contributed by atoms with Crippen molar-refractivity contribution >= 4 is 39.1 Å². The van der Waals surface area contributed by atoms with Crippen LogP contribution in [-0.4, -0.2) is 50.3 Å². The quantitative estimate of drug-likeness (QED) is 0.265. The van der Waals surface area contributed by atoms with Crippen molar-refractivity contribution in [3.63, 3.8) is 0 Å². The predicted octanol–water partition coefficient (Wildman–Crippen LogP) is 5.92. The molecule has 0 aliphatic heterocycles. The number of nitrogens with zero attached hydrogens (tertiary/aromatic N) is 2. The first kappa shape index (κ1) is 32.2. The highest BCUT2D eigenvalue weighted by Crippen LogP contribution is 2.31. The highest BCUT2D eigenvalue weighted by atomic mass is 35.5. The highest BCUT2D eigenvalue weighted by Gasteiger charge is 2.34. The van der Waals surface area contributed by atoms with Gasteiger partial charge in [-0.05, 0) is 75.4 Å². The van der Waals surface area contributed by atoms with Crippen LogP contribution in [0, 0.1) is 13.8 Å². The Bertz CT molecular complexity index is 1430. The summed E-state index contributed by atoms with van der Waals surface area (Å²) in [5.41, 5.74) is 2.77. The number of benzene rings is 3. The van der Waals surface area contributed by atoms with Crippen molar-refractivity contribution in [2.45, 2.75) is 70.9 Å². The molecule has 0 heterocycles. The molecule has 3 aromatic carbocycles. The van der Waals surface area contributed by atoms with E-state index in [1.807, 2.05) is 58.0 Å². The molecule has 2 unspecified atom stereocenters. The first-order chi connectivity index (χ1) is 19.5. The normalized spacial score (nSPS) is 12.8. The number of hydrogen-bond donors (Lipinski definition) is 1. The van der Waals surface area contributed by atoms with Crippen molar-refractivity contribution < 1.29 is 18.0 Å². The molecule has 0 spiro atoms. The molecule has 9 heteroatoms. The van der Waals surface area contributed by atoms with Gasteiger partial charge < -0.3 is 10.2 Å². The monoisotopic (exact) mass is 597 g/mol. The number of hydrogen-bond acceptors (Lipinski definition) is 4. The second-order valence-corrected chi connectivity index (χ2v) is 12.5. The number of sulfonamides is 1. The number of aryl methyl sites for hydroxylation is 1. The third kappa shape index (κ3) is 8.11. The van der Waals surface area contributed by atoms with Crippen LogP contribution in [0.3, 0.4) is 0 Å². The van der Waals surface area contributed by atoms with Crippen molar-refractivity contribution in [2.24, 2.45) is 0 Å². The molecule has 41 heavy (non-hydrogen) atoms. The Morgan fingerprint density at radius 3 is 2.17 bits per heavy atom. The Morgan fingerprint density at radius 2 is 1.56 bits per heavy atom. The maximum Gasteiger partial charge on any atom is 0.264 e. The van der Waals surface area contributed by atoms with Gasteiger partial charge in [0.1, 0.15) is 12.6 Å². The number of halogens is 1. The summed E-state index contributed by atoms with van der Waals surface area (Å²) in [6.07, 6.45) is 1.64. The zero-order valence-electron chi connectivity index (χ0n) is 24.4. The minimum absolute atomic E-state index is 0.0600. The fourth-order valence-corrected chi connectivity index (χ4v) is 6.20. The van der Waals surface area contributed by atoms with Crippen molar-refractivity contribution in [2.75, 3.05) is 17.4 Å². The topological polar surface area (TPSA) is 86.8 Å². The summed E-state index contributed by atoms with van der Waals surface area (Å²) in [6, 6.07) is 20.4.